The first-order chi connectivity index (χ1) is 8.97. The van der Waals surface area contributed by atoms with Crippen LogP contribution in [0, 0.1) is 5.92 Å². The Balaban J connectivity index is 2.48. The van der Waals surface area contributed by atoms with Gasteiger partial charge in [0.1, 0.15) is 5.75 Å². The third kappa shape index (κ3) is 2.80. The molecule has 1 N–H and O–H groups in total. The Labute approximate surface area is 118 Å². The number of hydrogen-bond acceptors (Lipinski definition) is 1. The Morgan fingerprint density at radius 1 is 1.21 bits per heavy atom. The molecule has 1 aromatic carbocycles. The van der Waals surface area contributed by atoms with Crippen molar-refractivity contribution in [1.29, 1.82) is 0 Å². The fraction of sp³-hybridized carbons (Fsp3) is 0.667. The van der Waals surface area contributed by atoms with Crippen LogP contribution in [-0.2, 0) is 5.41 Å². The highest BCUT2D eigenvalue weighted by Crippen LogP contribution is 2.45. The molecule has 1 fully saturated rings. The zero-order chi connectivity index (χ0) is 14.0. The normalized spacial score (nSPS) is 24.4. The molecule has 0 aromatic heterocycles. The number of phenolic OH excluding ortho intramolecular Hbond substituents is 1. The van der Waals surface area contributed by atoms with Crippen molar-refractivity contribution in [2.24, 2.45) is 5.92 Å². The van der Waals surface area contributed by atoms with Gasteiger partial charge in [0.05, 0.1) is 0 Å². The van der Waals surface area contributed by atoms with Gasteiger partial charge in [0, 0.05) is 5.56 Å². The first-order valence-electron chi connectivity index (χ1n) is 7.79. The van der Waals surface area contributed by atoms with Crippen LogP contribution in [0.3, 0.4) is 0 Å². The summed E-state index contributed by atoms with van der Waals surface area (Å²) in [5, 5.41) is 10.4. The van der Waals surface area contributed by atoms with Gasteiger partial charge in [-0.15, -0.1) is 0 Å². The minimum absolute atomic E-state index is 0.0534. The number of rotatable bonds is 3. The second-order valence-corrected chi connectivity index (χ2v) is 6.85. The zero-order valence-corrected chi connectivity index (χ0v) is 12.9. The third-order valence-corrected chi connectivity index (χ3v) is 5.15. The van der Waals surface area contributed by atoms with Crippen molar-refractivity contribution in [3.05, 3.63) is 29.3 Å². The van der Waals surface area contributed by atoms with Crippen LogP contribution in [0.25, 0.3) is 0 Å². The molecule has 1 nitrogen and oxygen atoms in total. The second-order valence-electron chi connectivity index (χ2n) is 6.85. The lowest BCUT2D eigenvalue weighted by atomic mass is 9.70. The lowest BCUT2D eigenvalue weighted by Crippen LogP contribution is -2.23. The molecule has 0 aliphatic heterocycles. The predicted octanol–water partition coefficient (Wildman–Crippen LogP) is 5.37. The van der Waals surface area contributed by atoms with Crippen molar-refractivity contribution in [2.75, 3.05) is 0 Å². The summed E-state index contributed by atoms with van der Waals surface area (Å²) in [7, 11) is 0. The van der Waals surface area contributed by atoms with Gasteiger partial charge in [-0.3, -0.25) is 0 Å². The standard InChI is InChI=1S/C18H28O/c1-5-18(3,4)17-15(11-8-12-16(17)19)14-10-7-6-9-13(14)2/h8,11-14,19H,5-7,9-10H2,1-4H3. The SMILES string of the molecule is CCC(C)(C)c1c(O)cccc1C1CCCCC1C. The topological polar surface area (TPSA) is 20.2 Å². The van der Waals surface area contributed by atoms with Gasteiger partial charge in [-0.05, 0) is 41.7 Å². The molecule has 0 spiro atoms. The van der Waals surface area contributed by atoms with Crippen LogP contribution in [0.5, 0.6) is 5.75 Å². The quantitative estimate of drug-likeness (QED) is 0.774. The van der Waals surface area contributed by atoms with Crippen LogP contribution in [-0.4, -0.2) is 5.11 Å². The highest BCUT2D eigenvalue weighted by atomic mass is 16.3. The number of benzene rings is 1. The molecule has 1 heteroatoms. The van der Waals surface area contributed by atoms with Gasteiger partial charge in [0.2, 0.25) is 0 Å². The molecule has 0 amide bonds. The Kier molecular flexibility index (Phi) is 4.23. The average molecular weight is 260 g/mol. The molecule has 1 aliphatic carbocycles. The Bertz CT molecular complexity index is 433. The van der Waals surface area contributed by atoms with E-state index in [0.29, 0.717) is 11.7 Å². The highest BCUT2D eigenvalue weighted by Gasteiger charge is 2.31. The highest BCUT2D eigenvalue weighted by molar-refractivity contribution is 5.46. The Morgan fingerprint density at radius 3 is 2.53 bits per heavy atom. The van der Waals surface area contributed by atoms with Crippen molar-refractivity contribution < 1.29 is 5.11 Å². The van der Waals surface area contributed by atoms with Crippen LogP contribution in [0.15, 0.2) is 18.2 Å². The molecule has 0 saturated heterocycles. The monoisotopic (exact) mass is 260 g/mol. The first-order valence-corrected chi connectivity index (χ1v) is 7.79. The Morgan fingerprint density at radius 2 is 1.89 bits per heavy atom. The van der Waals surface area contributed by atoms with Crippen molar-refractivity contribution in [3.63, 3.8) is 0 Å². The lowest BCUT2D eigenvalue weighted by Gasteiger charge is -2.35. The minimum Gasteiger partial charge on any atom is -0.508 e. The van der Waals surface area contributed by atoms with Crippen molar-refractivity contribution in [1.82, 2.24) is 0 Å². The molecule has 2 unspecified atom stereocenters. The fourth-order valence-corrected chi connectivity index (χ4v) is 3.56. The van der Waals surface area contributed by atoms with E-state index in [0.717, 1.165) is 12.3 Å². The van der Waals surface area contributed by atoms with E-state index in [2.05, 4.69) is 33.8 Å². The molecule has 19 heavy (non-hydrogen) atoms. The molecule has 1 aliphatic rings. The van der Waals surface area contributed by atoms with Gasteiger partial charge in [0.15, 0.2) is 0 Å². The van der Waals surface area contributed by atoms with E-state index in [1.165, 1.54) is 36.8 Å². The molecule has 2 atom stereocenters. The summed E-state index contributed by atoms with van der Waals surface area (Å²) in [5.74, 6) is 1.85. The third-order valence-electron chi connectivity index (χ3n) is 5.15. The van der Waals surface area contributed by atoms with E-state index in [-0.39, 0.29) is 5.41 Å². The Hall–Kier alpha value is -0.980. The van der Waals surface area contributed by atoms with Crippen LogP contribution >= 0.6 is 0 Å². The van der Waals surface area contributed by atoms with Crippen molar-refractivity contribution in [2.45, 2.75) is 71.1 Å². The van der Waals surface area contributed by atoms with E-state index in [4.69, 9.17) is 0 Å². The smallest absolute Gasteiger partial charge is 0.119 e. The maximum absolute atomic E-state index is 10.4. The van der Waals surface area contributed by atoms with E-state index >= 15 is 0 Å². The summed E-state index contributed by atoms with van der Waals surface area (Å²) in [6.45, 7) is 9.08. The number of aromatic hydroxyl groups is 1. The van der Waals surface area contributed by atoms with Gasteiger partial charge < -0.3 is 5.11 Å². The van der Waals surface area contributed by atoms with Gasteiger partial charge in [-0.25, -0.2) is 0 Å². The van der Waals surface area contributed by atoms with Crippen LogP contribution in [0.1, 0.15) is 76.8 Å². The van der Waals surface area contributed by atoms with Gasteiger partial charge in [-0.2, -0.15) is 0 Å². The van der Waals surface area contributed by atoms with Crippen LogP contribution in [0.4, 0.5) is 0 Å². The average Bonchev–Trinajstić information content (AvgIpc) is 2.38. The summed E-state index contributed by atoms with van der Waals surface area (Å²) in [6.07, 6.45) is 6.35. The molecular weight excluding hydrogens is 232 g/mol. The van der Waals surface area contributed by atoms with E-state index in [1.54, 1.807) is 0 Å². The molecule has 1 aromatic rings. The fourth-order valence-electron chi connectivity index (χ4n) is 3.56. The molecular formula is C18H28O. The molecule has 0 bridgehead atoms. The summed E-state index contributed by atoms with van der Waals surface area (Å²) >= 11 is 0. The number of hydrogen-bond donors (Lipinski definition) is 1. The molecule has 2 rings (SSSR count). The summed E-state index contributed by atoms with van der Waals surface area (Å²) in [5.41, 5.74) is 2.65. The maximum Gasteiger partial charge on any atom is 0.119 e. The number of phenols is 1. The van der Waals surface area contributed by atoms with E-state index < -0.39 is 0 Å². The van der Waals surface area contributed by atoms with E-state index in [1.807, 2.05) is 12.1 Å². The zero-order valence-electron chi connectivity index (χ0n) is 12.9. The van der Waals surface area contributed by atoms with Crippen molar-refractivity contribution in [3.8, 4) is 5.75 Å². The predicted molar refractivity (Wildman–Crippen MR) is 81.8 cm³/mol. The minimum atomic E-state index is 0.0534. The summed E-state index contributed by atoms with van der Waals surface area (Å²) in [4.78, 5) is 0. The summed E-state index contributed by atoms with van der Waals surface area (Å²) in [6, 6.07) is 6.11. The maximum atomic E-state index is 10.4. The van der Waals surface area contributed by atoms with Crippen LogP contribution in [0.2, 0.25) is 0 Å². The molecule has 106 valence electrons. The molecule has 0 radical (unpaired) electrons. The van der Waals surface area contributed by atoms with Gasteiger partial charge in [0.25, 0.3) is 0 Å². The van der Waals surface area contributed by atoms with E-state index in [9.17, 15) is 5.11 Å². The summed E-state index contributed by atoms with van der Waals surface area (Å²) < 4.78 is 0. The van der Waals surface area contributed by atoms with Crippen molar-refractivity contribution >= 4 is 0 Å². The molecule has 0 heterocycles. The second kappa shape index (κ2) is 5.56. The first kappa shape index (κ1) is 14.4. The van der Waals surface area contributed by atoms with Gasteiger partial charge >= 0.3 is 0 Å². The van der Waals surface area contributed by atoms with Crippen LogP contribution < -0.4 is 0 Å². The largest absolute Gasteiger partial charge is 0.508 e. The lowest BCUT2D eigenvalue weighted by molar-refractivity contribution is 0.322. The molecule has 1 saturated carbocycles. The van der Waals surface area contributed by atoms with Gasteiger partial charge in [-0.1, -0.05) is 59.1 Å².